The summed E-state index contributed by atoms with van der Waals surface area (Å²) in [5.74, 6) is -1.09. The average Bonchev–Trinajstić information content (AvgIpc) is 2.33. The summed E-state index contributed by atoms with van der Waals surface area (Å²) in [7, 11) is 0. The highest BCUT2D eigenvalue weighted by Crippen LogP contribution is 2.30. The fourth-order valence-corrected chi connectivity index (χ4v) is 2.70. The van der Waals surface area contributed by atoms with Crippen molar-refractivity contribution in [2.75, 3.05) is 5.32 Å². The Morgan fingerprint density at radius 1 is 1.25 bits per heavy atom. The number of rotatable bonds is 3. The van der Waals surface area contributed by atoms with E-state index >= 15 is 0 Å². The largest absolute Gasteiger partial charge is 0.389 e. The van der Waals surface area contributed by atoms with Crippen LogP contribution in [-0.2, 0) is 0 Å². The van der Waals surface area contributed by atoms with Crippen LogP contribution in [0.3, 0.4) is 0 Å². The zero-order chi connectivity index (χ0) is 14.9. The molecule has 0 unspecified atom stereocenters. The predicted octanol–water partition coefficient (Wildman–Crippen LogP) is 4.76. The third kappa shape index (κ3) is 3.26. The molecule has 0 spiro atoms. The maximum absolute atomic E-state index is 14.2. The number of nitrogens with two attached hydrogens (primary N) is 1. The van der Waals surface area contributed by atoms with Crippen LogP contribution in [0.5, 0.6) is 0 Å². The molecular formula is C13H8BrClF2N2S. The first kappa shape index (κ1) is 15.2. The molecule has 0 aliphatic carbocycles. The molecule has 0 fully saturated rings. The Balaban J connectivity index is 2.39. The summed E-state index contributed by atoms with van der Waals surface area (Å²) in [5, 5.41) is 2.96. The molecule has 0 saturated heterocycles. The Kier molecular flexibility index (Phi) is 4.57. The van der Waals surface area contributed by atoms with E-state index < -0.39 is 11.6 Å². The molecule has 7 heteroatoms. The normalized spacial score (nSPS) is 10.4. The van der Waals surface area contributed by atoms with Crippen LogP contribution in [0, 0.1) is 11.6 Å². The lowest BCUT2D eigenvalue weighted by Crippen LogP contribution is -2.11. The van der Waals surface area contributed by atoms with Gasteiger partial charge in [0.15, 0.2) is 5.82 Å². The van der Waals surface area contributed by atoms with E-state index in [1.807, 2.05) is 0 Å². The van der Waals surface area contributed by atoms with Gasteiger partial charge in [0.05, 0.1) is 10.2 Å². The summed E-state index contributed by atoms with van der Waals surface area (Å²) in [6.07, 6.45) is 0. The van der Waals surface area contributed by atoms with Crippen molar-refractivity contribution in [3.05, 3.63) is 57.0 Å². The van der Waals surface area contributed by atoms with Crippen molar-refractivity contribution in [3.63, 3.8) is 0 Å². The Morgan fingerprint density at radius 3 is 2.55 bits per heavy atom. The van der Waals surface area contributed by atoms with Gasteiger partial charge in [-0.25, -0.2) is 8.78 Å². The number of anilines is 2. The van der Waals surface area contributed by atoms with Crippen molar-refractivity contribution in [1.29, 1.82) is 0 Å². The first-order valence-electron chi connectivity index (χ1n) is 5.39. The lowest BCUT2D eigenvalue weighted by molar-refractivity contribution is 0.623. The molecule has 0 aliphatic rings. The molecule has 0 heterocycles. The summed E-state index contributed by atoms with van der Waals surface area (Å²) in [4.78, 5) is 0.0797. The number of hydrogen-bond donors (Lipinski definition) is 2. The lowest BCUT2D eigenvalue weighted by atomic mass is 10.2. The fourth-order valence-electron chi connectivity index (χ4n) is 1.62. The molecule has 104 valence electrons. The van der Waals surface area contributed by atoms with E-state index in [1.165, 1.54) is 18.2 Å². The van der Waals surface area contributed by atoms with Gasteiger partial charge in [-0.1, -0.05) is 23.8 Å². The van der Waals surface area contributed by atoms with Gasteiger partial charge < -0.3 is 11.1 Å². The van der Waals surface area contributed by atoms with Gasteiger partial charge in [-0.15, -0.1) is 0 Å². The van der Waals surface area contributed by atoms with Gasteiger partial charge in [-0.05, 0) is 46.3 Å². The van der Waals surface area contributed by atoms with Gasteiger partial charge in [0.2, 0.25) is 0 Å². The van der Waals surface area contributed by atoms with E-state index in [2.05, 4.69) is 21.2 Å². The molecule has 2 rings (SSSR count). The van der Waals surface area contributed by atoms with Gasteiger partial charge in [-0.3, -0.25) is 0 Å². The summed E-state index contributed by atoms with van der Waals surface area (Å²) in [6, 6.07) is 6.89. The SMILES string of the molecule is NC(=S)c1ccc(Nc2cc(F)cc(Cl)c2)c(F)c1Br. The standard InChI is InChI=1S/C13H8BrClF2N2S/c14-11-9(13(18)20)1-2-10(12(11)17)19-8-4-6(15)3-7(16)5-8/h1-5,19H,(H2,18,20). The van der Waals surface area contributed by atoms with Crippen LogP contribution in [0.1, 0.15) is 5.56 Å². The number of benzene rings is 2. The van der Waals surface area contributed by atoms with Gasteiger partial charge >= 0.3 is 0 Å². The van der Waals surface area contributed by atoms with Gasteiger partial charge in [0.1, 0.15) is 10.8 Å². The molecule has 0 aromatic heterocycles. The molecule has 0 amide bonds. The van der Waals surface area contributed by atoms with Crippen molar-refractivity contribution in [1.82, 2.24) is 0 Å². The van der Waals surface area contributed by atoms with Gasteiger partial charge in [0.25, 0.3) is 0 Å². The molecule has 20 heavy (non-hydrogen) atoms. The van der Waals surface area contributed by atoms with Gasteiger partial charge in [0, 0.05) is 16.3 Å². The Morgan fingerprint density at radius 2 is 1.95 bits per heavy atom. The number of hydrogen-bond acceptors (Lipinski definition) is 2. The van der Waals surface area contributed by atoms with Crippen LogP contribution in [0.15, 0.2) is 34.8 Å². The monoisotopic (exact) mass is 376 g/mol. The quantitative estimate of drug-likeness (QED) is 0.758. The third-order valence-electron chi connectivity index (χ3n) is 2.49. The molecule has 0 aliphatic heterocycles. The minimum Gasteiger partial charge on any atom is -0.389 e. The smallest absolute Gasteiger partial charge is 0.161 e. The molecule has 3 N–H and O–H groups in total. The molecule has 0 atom stereocenters. The number of thiocarbonyl (C=S) groups is 1. The summed E-state index contributed by atoms with van der Waals surface area (Å²) < 4.78 is 27.5. The van der Waals surface area contributed by atoms with Crippen molar-refractivity contribution >= 4 is 56.1 Å². The molecule has 2 aromatic rings. The predicted molar refractivity (Wildman–Crippen MR) is 84.7 cm³/mol. The van der Waals surface area contributed by atoms with Crippen molar-refractivity contribution in [2.45, 2.75) is 0 Å². The minimum absolute atomic E-state index is 0.0797. The van der Waals surface area contributed by atoms with Crippen molar-refractivity contribution < 1.29 is 8.78 Å². The second kappa shape index (κ2) is 6.03. The number of halogens is 4. The van der Waals surface area contributed by atoms with Crippen LogP contribution in [-0.4, -0.2) is 4.99 Å². The average molecular weight is 378 g/mol. The van der Waals surface area contributed by atoms with Crippen LogP contribution < -0.4 is 11.1 Å². The first-order chi connectivity index (χ1) is 9.38. The van der Waals surface area contributed by atoms with E-state index in [0.29, 0.717) is 11.3 Å². The molecule has 2 aromatic carbocycles. The zero-order valence-electron chi connectivity index (χ0n) is 9.88. The Labute approximate surface area is 133 Å². The molecule has 2 nitrogen and oxygen atoms in total. The Hall–Kier alpha value is -1.24. The summed E-state index contributed by atoms with van der Waals surface area (Å²) >= 11 is 13.6. The second-order valence-electron chi connectivity index (χ2n) is 3.94. The van der Waals surface area contributed by atoms with Crippen molar-refractivity contribution in [2.24, 2.45) is 5.73 Å². The third-order valence-corrected chi connectivity index (χ3v) is 3.70. The highest BCUT2D eigenvalue weighted by Gasteiger charge is 2.13. The van der Waals surface area contributed by atoms with E-state index in [0.717, 1.165) is 6.07 Å². The van der Waals surface area contributed by atoms with Crippen LogP contribution >= 0.6 is 39.7 Å². The molecule has 0 radical (unpaired) electrons. The fraction of sp³-hybridized carbons (Fsp3) is 0. The first-order valence-corrected chi connectivity index (χ1v) is 6.97. The van der Waals surface area contributed by atoms with E-state index in [1.54, 1.807) is 6.07 Å². The lowest BCUT2D eigenvalue weighted by Gasteiger charge is -2.11. The second-order valence-corrected chi connectivity index (χ2v) is 5.61. The molecular weight excluding hydrogens is 370 g/mol. The van der Waals surface area contributed by atoms with E-state index in [-0.39, 0.29) is 20.2 Å². The highest BCUT2D eigenvalue weighted by molar-refractivity contribution is 9.10. The minimum atomic E-state index is -0.573. The number of nitrogens with one attached hydrogen (secondary N) is 1. The molecule has 0 bridgehead atoms. The summed E-state index contributed by atoms with van der Waals surface area (Å²) in [6.45, 7) is 0. The maximum Gasteiger partial charge on any atom is 0.161 e. The zero-order valence-corrected chi connectivity index (χ0v) is 13.0. The molecule has 0 saturated carbocycles. The van der Waals surface area contributed by atoms with Crippen LogP contribution in [0.2, 0.25) is 5.02 Å². The maximum atomic E-state index is 14.2. The van der Waals surface area contributed by atoms with E-state index in [9.17, 15) is 8.78 Å². The van der Waals surface area contributed by atoms with Crippen molar-refractivity contribution in [3.8, 4) is 0 Å². The summed E-state index contributed by atoms with van der Waals surface area (Å²) in [5.41, 5.74) is 6.35. The van der Waals surface area contributed by atoms with E-state index in [4.69, 9.17) is 29.6 Å². The topological polar surface area (TPSA) is 38.0 Å². The van der Waals surface area contributed by atoms with Crippen LogP contribution in [0.25, 0.3) is 0 Å². The van der Waals surface area contributed by atoms with Gasteiger partial charge in [-0.2, -0.15) is 0 Å². The Bertz CT molecular complexity index is 674. The highest BCUT2D eigenvalue weighted by atomic mass is 79.9. The van der Waals surface area contributed by atoms with Crippen LogP contribution in [0.4, 0.5) is 20.2 Å².